The number of halogens is 2. The zero-order valence-corrected chi connectivity index (χ0v) is 13.9. The van der Waals surface area contributed by atoms with Crippen molar-refractivity contribution in [2.45, 2.75) is 24.6 Å². The maximum absolute atomic E-state index is 11.9. The van der Waals surface area contributed by atoms with E-state index in [-0.39, 0.29) is 11.8 Å². The highest BCUT2D eigenvalue weighted by atomic mass is 35.5. The van der Waals surface area contributed by atoms with Crippen LogP contribution in [0.3, 0.4) is 0 Å². The third-order valence-electron chi connectivity index (χ3n) is 3.57. The van der Waals surface area contributed by atoms with Gasteiger partial charge >= 0.3 is 0 Å². The molecule has 1 aromatic rings. The maximum atomic E-state index is 11.9. The molecule has 5 nitrogen and oxygen atoms in total. The second-order valence-corrected chi connectivity index (χ2v) is 7.01. The van der Waals surface area contributed by atoms with Gasteiger partial charge in [-0.2, -0.15) is 0 Å². The van der Waals surface area contributed by atoms with Gasteiger partial charge in [-0.3, -0.25) is 9.59 Å². The van der Waals surface area contributed by atoms with Gasteiger partial charge < -0.3 is 15.4 Å². The molecule has 0 radical (unpaired) electrons. The molecule has 7 heteroatoms. The minimum Gasteiger partial charge on any atom is -0.492 e. The Kier molecular flexibility index (Phi) is 4.87. The van der Waals surface area contributed by atoms with Crippen LogP contribution >= 0.6 is 23.2 Å². The summed E-state index contributed by atoms with van der Waals surface area (Å²) in [5.74, 6) is 0.294. The predicted molar refractivity (Wildman–Crippen MR) is 86.4 cm³/mol. The highest BCUT2D eigenvalue weighted by Crippen LogP contribution is 2.63. The van der Waals surface area contributed by atoms with Crippen molar-refractivity contribution in [3.05, 3.63) is 24.3 Å². The monoisotopic (exact) mass is 344 g/mol. The van der Waals surface area contributed by atoms with Gasteiger partial charge in [-0.1, -0.05) is 6.07 Å². The first-order valence-corrected chi connectivity index (χ1v) is 7.67. The van der Waals surface area contributed by atoms with Crippen LogP contribution in [0, 0.1) is 5.41 Å². The van der Waals surface area contributed by atoms with E-state index in [0.717, 1.165) is 0 Å². The number of ether oxygens (including phenoxy) is 1. The molecular formula is C15H18Cl2N2O3. The molecule has 1 saturated carbocycles. The zero-order chi connectivity index (χ0) is 16.4. The van der Waals surface area contributed by atoms with Crippen LogP contribution in [0.1, 0.15) is 20.3 Å². The van der Waals surface area contributed by atoms with E-state index in [9.17, 15) is 9.59 Å². The summed E-state index contributed by atoms with van der Waals surface area (Å²) in [7, 11) is 0. The molecule has 1 aromatic carbocycles. The molecule has 0 aliphatic heterocycles. The van der Waals surface area contributed by atoms with Crippen LogP contribution in [-0.2, 0) is 9.59 Å². The number of amides is 2. The van der Waals surface area contributed by atoms with Crippen molar-refractivity contribution in [3.63, 3.8) is 0 Å². The van der Waals surface area contributed by atoms with Gasteiger partial charge in [-0.05, 0) is 25.5 Å². The maximum Gasteiger partial charge on any atom is 0.229 e. The third kappa shape index (κ3) is 3.84. The topological polar surface area (TPSA) is 67.4 Å². The molecule has 1 atom stereocenters. The predicted octanol–water partition coefficient (Wildman–Crippen LogP) is 2.72. The standard InChI is InChI=1S/C15H18Cl2N2O3/c1-10(20)19-11-4-3-5-12(8-11)22-7-6-18-13(21)14(2)9-15(14,16)17/h3-5,8H,6-7,9H2,1-2H3,(H,18,21)(H,19,20)/t14-/m0/s1. The van der Waals surface area contributed by atoms with Crippen molar-refractivity contribution < 1.29 is 14.3 Å². The average Bonchev–Trinajstić information content (AvgIpc) is 2.94. The molecule has 0 unspecified atom stereocenters. The number of hydrogen-bond donors (Lipinski definition) is 2. The number of anilines is 1. The van der Waals surface area contributed by atoms with E-state index in [1.54, 1.807) is 31.2 Å². The lowest BCUT2D eigenvalue weighted by Gasteiger charge is -2.13. The van der Waals surface area contributed by atoms with Crippen LogP contribution < -0.4 is 15.4 Å². The molecule has 0 aromatic heterocycles. The fraction of sp³-hybridized carbons (Fsp3) is 0.467. The Morgan fingerprint density at radius 1 is 1.36 bits per heavy atom. The summed E-state index contributed by atoms with van der Waals surface area (Å²) in [6.07, 6.45) is 0.453. The Morgan fingerprint density at radius 3 is 2.64 bits per heavy atom. The van der Waals surface area contributed by atoms with E-state index in [1.165, 1.54) is 6.92 Å². The fourth-order valence-electron chi connectivity index (χ4n) is 2.04. The lowest BCUT2D eigenvalue weighted by Crippen LogP contribution is -2.35. The van der Waals surface area contributed by atoms with Crippen molar-refractivity contribution in [2.75, 3.05) is 18.5 Å². The van der Waals surface area contributed by atoms with Crippen LogP contribution in [0.2, 0.25) is 0 Å². The average molecular weight is 345 g/mol. The molecule has 0 spiro atoms. The quantitative estimate of drug-likeness (QED) is 0.615. The zero-order valence-electron chi connectivity index (χ0n) is 12.4. The first kappa shape index (κ1) is 16.9. The van der Waals surface area contributed by atoms with Crippen LogP contribution in [0.5, 0.6) is 5.75 Å². The van der Waals surface area contributed by atoms with Gasteiger partial charge in [0, 0.05) is 18.7 Å². The Bertz CT molecular complexity index is 592. The van der Waals surface area contributed by atoms with Crippen LogP contribution in [0.25, 0.3) is 0 Å². The van der Waals surface area contributed by atoms with Crippen molar-refractivity contribution >= 4 is 40.7 Å². The third-order valence-corrected chi connectivity index (χ3v) is 4.67. The molecule has 0 saturated heterocycles. The lowest BCUT2D eigenvalue weighted by molar-refractivity contribution is -0.125. The highest BCUT2D eigenvalue weighted by Gasteiger charge is 2.67. The van der Waals surface area contributed by atoms with Crippen LogP contribution in [-0.4, -0.2) is 29.3 Å². The molecule has 2 amide bonds. The van der Waals surface area contributed by atoms with E-state index in [4.69, 9.17) is 27.9 Å². The summed E-state index contributed by atoms with van der Waals surface area (Å²) in [5.41, 5.74) is -0.0601. The summed E-state index contributed by atoms with van der Waals surface area (Å²) in [6.45, 7) is 3.83. The van der Waals surface area contributed by atoms with Crippen LogP contribution in [0.4, 0.5) is 5.69 Å². The van der Waals surface area contributed by atoms with Gasteiger partial charge in [0.1, 0.15) is 16.7 Å². The first-order chi connectivity index (χ1) is 10.2. The van der Waals surface area contributed by atoms with E-state index in [0.29, 0.717) is 31.0 Å². The number of benzene rings is 1. The second-order valence-electron chi connectivity index (χ2n) is 5.53. The Morgan fingerprint density at radius 2 is 2.05 bits per heavy atom. The summed E-state index contributed by atoms with van der Waals surface area (Å²) in [5, 5.41) is 5.43. The largest absolute Gasteiger partial charge is 0.492 e. The minimum atomic E-state index is -0.968. The summed E-state index contributed by atoms with van der Waals surface area (Å²) < 4.78 is 4.56. The number of alkyl halides is 2. The number of carbonyl (C=O) groups is 2. The van der Waals surface area contributed by atoms with E-state index < -0.39 is 9.75 Å². The Hall–Kier alpha value is -1.46. The van der Waals surface area contributed by atoms with Crippen molar-refractivity contribution in [1.29, 1.82) is 0 Å². The van der Waals surface area contributed by atoms with E-state index in [1.807, 2.05) is 0 Å². The van der Waals surface area contributed by atoms with Crippen molar-refractivity contribution in [1.82, 2.24) is 5.32 Å². The Balaban J connectivity index is 1.75. The molecule has 0 bridgehead atoms. The summed E-state index contributed by atoms with van der Waals surface area (Å²) >= 11 is 11.9. The van der Waals surface area contributed by atoms with Crippen molar-refractivity contribution in [3.8, 4) is 5.75 Å². The highest BCUT2D eigenvalue weighted by molar-refractivity contribution is 6.53. The van der Waals surface area contributed by atoms with Gasteiger partial charge in [-0.25, -0.2) is 0 Å². The molecule has 1 fully saturated rings. The number of hydrogen-bond acceptors (Lipinski definition) is 3. The second kappa shape index (κ2) is 6.34. The number of rotatable bonds is 6. The molecule has 0 heterocycles. The van der Waals surface area contributed by atoms with E-state index >= 15 is 0 Å². The summed E-state index contributed by atoms with van der Waals surface area (Å²) in [6, 6.07) is 7.04. The van der Waals surface area contributed by atoms with E-state index in [2.05, 4.69) is 10.6 Å². The van der Waals surface area contributed by atoms with Gasteiger partial charge in [0.2, 0.25) is 11.8 Å². The smallest absolute Gasteiger partial charge is 0.229 e. The number of carbonyl (C=O) groups excluding carboxylic acids is 2. The fourth-order valence-corrected chi connectivity index (χ4v) is 2.75. The molecule has 1 aliphatic carbocycles. The minimum absolute atomic E-state index is 0.146. The summed E-state index contributed by atoms with van der Waals surface area (Å²) in [4.78, 5) is 22.9. The first-order valence-electron chi connectivity index (χ1n) is 6.91. The van der Waals surface area contributed by atoms with Gasteiger partial charge in [-0.15, -0.1) is 23.2 Å². The van der Waals surface area contributed by atoms with Gasteiger partial charge in [0.05, 0.1) is 12.0 Å². The van der Waals surface area contributed by atoms with Gasteiger partial charge in [0.25, 0.3) is 0 Å². The lowest BCUT2D eigenvalue weighted by atomic mass is 10.1. The SMILES string of the molecule is CC(=O)Nc1cccc(OCCNC(=O)[C@]2(C)CC2(Cl)Cl)c1. The Labute approximate surface area is 139 Å². The van der Waals surface area contributed by atoms with Crippen molar-refractivity contribution in [2.24, 2.45) is 5.41 Å². The van der Waals surface area contributed by atoms with Crippen LogP contribution in [0.15, 0.2) is 24.3 Å². The molecule has 1 aliphatic rings. The van der Waals surface area contributed by atoms with Gasteiger partial charge in [0.15, 0.2) is 0 Å². The molecular weight excluding hydrogens is 327 g/mol. The molecule has 2 rings (SSSR count). The molecule has 22 heavy (non-hydrogen) atoms. The normalized spacial score (nSPS) is 21.8. The molecule has 120 valence electrons. The molecule has 2 N–H and O–H groups in total. The number of nitrogens with one attached hydrogen (secondary N) is 2.